The molecule has 2 unspecified atom stereocenters. The molecule has 1 aromatic heterocycles. The molecule has 3 heteroatoms. The minimum Gasteiger partial charge on any atom is -0.326 e. The summed E-state index contributed by atoms with van der Waals surface area (Å²) in [5.74, 6) is 0. The first kappa shape index (κ1) is 13.2. The Hall–Kier alpha value is -1.45. The summed E-state index contributed by atoms with van der Waals surface area (Å²) in [5, 5.41) is 1.21. The summed E-state index contributed by atoms with van der Waals surface area (Å²) in [6.45, 7) is 1.18. The fraction of sp³-hybridized carbons (Fsp3) is 0.500. The number of likely N-dealkylation sites (tertiary alicyclic amines) is 1. The predicted molar refractivity (Wildman–Crippen MR) is 86.0 cm³/mol. The standard InChI is InChI=1S/C18H23N3/c19-15-6-3-4-12-21(14-9-10-14)18(15)17-11-8-13-5-1-2-7-16(13)20-17/h1-2,5,7-8,11,14-15,18H,3-4,6,9-10,12,19H2. The lowest BCUT2D eigenvalue weighted by molar-refractivity contribution is 0.172. The lowest BCUT2D eigenvalue weighted by atomic mass is 9.99. The maximum absolute atomic E-state index is 6.53. The molecule has 110 valence electrons. The van der Waals surface area contributed by atoms with Crippen LogP contribution in [-0.2, 0) is 0 Å². The molecule has 1 aliphatic carbocycles. The topological polar surface area (TPSA) is 42.1 Å². The first-order valence-corrected chi connectivity index (χ1v) is 8.20. The molecule has 4 rings (SSSR count). The van der Waals surface area contributed by atoms with Gasteiger partial charge in [-0.1, -0.05) is 30.7 Å². The van der Waals surface area contributed by atoms with E-state index in [0.717, 1.165) is 23.7 Å². The van der Waals surface area contributed by atoms with Crippen molar-refractivity contribution >= 4 is 10.9 Å². The third kappa shape index (κ3) is 2.56. The Bertz CT molecular complexity index is 635. The summed E-state index contributed by atoms with van der Waals surface area (Å²) in [5.41, 5.74) is 8.78. The van der Waals surface area contributed by atoms with Gasteiger partial charge < -0.3 is 5.73 Å². The van der Waals surface area contributed by atoms with Crippen LogP contribution < -0.4 is 5.73 Å². The van der Waals surface area contributed by atoms with Crippen LogP contribution in [0.1, 0.15) is 43.8 Å². The molecular weight excluding hydrogens is 258 g/mol. The van der Waals surface area contributed by atoms with Crippen molar-refractivity contribution in [3.63, 3.8) is 0 Å². The highest BCUT2D eigenvalue weighted by atomic mass is 15.2. The second-order valence-electron chi connectivity index (χ2n) is 6.50. The molecule has 0 spiro atoms. The number of hydrogen-bond donors (Lipinski definition) is 1. The van der Waals surface area contributed by atoms with E-state index in [1.54, 1.807) is 0 Å². The minimum absolute atomic E-state index is 0.210. The number of pyridine rings is 1. The van der Waals surface area contributed by atoms with Crippen LogP contribution in [0.4, 0.5) is 0 Å². The predicted octanol–water partition coefficient (Wildman–Crippen LogP) is 3.25. The normalized spacial score (nSPS) is 27.7. The number of nitrogens with two attached hydrogens (primary N) is 1. The molecule has 1 saturated carbocycles. The Labute approximate surface area is 126 Å². The lowest BCUT2D eigenvalue weighted by Crippen LogP contribution is -2.41. The molecule has 2 aromatic rings. The summed E-state index contributed by atoms with van der Waals surface area (Å²) in [7, 11) is 0. The third-order valence-corrected chi connectivity index (χ3v) is 4.91. The quantitative estimate of drug-likeness (QED) is 0.918. The van der Waals surface area contributed by atoms with Crippen LogP contribution in [0.25, 0.3) is 10.9 Å². The van der Waals surface area contributed by atoms with Crippen molar-refractivity contribution in [1.82, 2.24) is 9.88 Å². The Morgan fingerprint density at radius 3 is 2.71 bits per heavy atom. The number of para-hydroxylation sites is 1. The van der Waals surface area contributed by atoms with Crippen LogP contribution in [0.3, 0.4) is 0 Å². The van der Waals surface area contributed by atoms with Gasteiger partial charge >= 0.3 is 0 Å². The molecule has 21 heavy (non-hydrogen) atoms. The highest BCUT2D eigenvalue weighted by Crippen LogP contribution is 2.38. The van der Waals surface area contributed by atoms with Crippen molar-refractivity contribution in [1.29, 1.82) is 0 Å². The Kier molecular flexibility index (Phi) is 3.40. The molecule has 3 nitrogen and oxygen atoms in total. The fourth-order valence-corrected chi connectivity index (χ4v) is 3.67. The number of rotatable bonds is 2. The van der Waals surface area contributed by atoms with E-state index in [1.807, 2.05) is 0 Å². The summed E-state index contributed by atoms with van der Waals surface area (Å²) in [6.07, 6.45) is 6.29. The van der Waals surface area contributed by atoms with Crippen LogP contribution in [0.5, 0.6) is 0 Å². The zero-order valence-electron chi connectivity index (χ0n) is 12.4. The van der Waals surface area contributed by atoms with Crippen molar-refractivity contribution in [3.05, 3.63) is 42.1 Å². The monoisotopic (exact) mass is 281 g/mol. The number of fused-ring (bicyclic) bond motifs is 1. The summed E-state index contributed by atoms with van der Waals surface area (Å²) < 4.78 is 0. The number of nitrogens with zero attached hydrogens (tertiary/aromatic N) is 2. The number of benzene rings is 1. The minimum atomic E-state index is 0.210. The van der Waals surface area contributed by atoms with E-state index in [4.69, 9.17) is 10.7 Å². The van der Waals surface area contributed by atoms with Crippen molar-refractivity contribution < 1.29 is 0 Å². The maximum atomic E-state index is 6.53. The first-order valence-electron chi connectivity index (χ1n) is 8.20. The summed E-state index contributed by atoms with van der Waals surface area (Å²) in [4.78, 5) is 7.56. The maximum Gasteiger partial charge on any atom is 0.0706 e. The molecule has 2 N–H and O–H groups in total. The van der Waals surface area contributed by atoms with Crippen LogP contribution in [0, 0.1) is 0 Å². The molecular formula is C18H23N3. The van der Waals surface area contributed by atoms with Crippen LogP contribution in [0.15, 0.2) is 36.4 Å². The molecule has 0 bridgehead atoms. The van der Waals surface area contributed by atoms with Gasteiger partial charge in [0.1, 0.15) is 0 Å². The zero-order valence-corrected chi connectivity index (χ0v) is 12.4. The molecule has 2 aliphatic rings. The molecule has 2 heterocycles. The van der Waals surface area contributed by atoms with Gasteiger partial charge in [-0.05, 0) is 44.4 Å². The van der Waals surface area contributed by atoms with E-state index in [0.29, 0.717) is 6.04 Å². The highest BCUT2D eigenvalue weighted by molar-refractivity contribution is 5.78. The van der Waals surface area contributed by atoms with Gasteiger partial charge in [0.25, 0.3) is 0 Å². The molecule has 2 fully saturated rings. The number of aromatic nitrogens is 1. The van der Waals surface area contributed by atoms with Crippen LogP contribution >= 0.6 is 0 Å². The Morgan fingerprint density at radius 1 is 1.00 bits per heavy atom. The second kappa shape index (κ2) is 5.39. The summed E-state index contributed by atoms with van der Waals surface area (Å²) >= 11 is 0. The van der Waals surface area contributed by atoms with Gasteiger partial charge in [-0.3, -0.25) is 9.88 Å². The number of hydrogen-bond acceptors (Lipinski definition) is 3. The van der Waals surface area contributed by atoms with E-state index < -0.39 is 0 Å². The van der Waals surface area contributed by atoms with Gasteiger partial charge in [-0.2, -0.15) is 0 Å². The van der Waals surface area contributed by atoms with E-state index >= 15 is 0 Å². The van der Waals surface area contributed by atoms with Crippen LogP contribution in [0.2, 0.25) is 0 Å². The van der Waals surface area contributed by atoms with Crippen LogP contribution in [-0.4, -0.2) is 28.5 Å². The van der Waals surface area contributed by atoms with Gasteiger partial charge in [0.2, 0.25) is 0 Å². The van der Waals surface area contributed by atoms with E-state index in [1.165, 1.54) is 37.6 Å². The van der Waals surface area contributed by atoms with Gasteiger partial charge in [-0.15, -0.1) is 0 Å². The Morgan fingerprint density at radius 2 is 1.86 bits per heavy atom. The van der Waals surface area contributed by atoms with Gasteiger partial charge in [-0.25, -0.2) is 0 Å². The zero-order chi connectivity index (χ0) is 14.2. The van der Waals surface area contributed by atoms with Gasteiger partial charge in [0.15, 0.2) is 0 Å². The molecule has 0 amide bonds. The highest BCUT2D eigenvalue weighted by Gasteiger charge is 2.38. The van der Waals surface area contributed by atoms with E-state index in [-0.39, 0.29) is 6.04 Å². The fourth-order valence-electron chi connectivity index (χ4n) is 3.67. The average Bonchev–Trinajstić information content (AvgIpc) is 3.34. The second-order valence-corrected chi connectivity index (χ2v) is 6.50. The van der Waals surface area contributed by atoms with Crippen molar-refractivity contribution in [2.24, 2.45) is 5.73 Å². The molecule has 0 radical (unpaired) electrons. The molecule has 1 saturated heterocycles. The van der Waals surface area contributed by atoms with Crippen molar-refractivity contribution in [2.45, 2.75) is 50.2 Å². The smallest absolute Gasteiger partial charge is 0.0706 e. The van der Waals surface area contributed by atoms with Crippen molar-refractivity contribution in [2.75, 3.05) is 6.54 Å². The summed E-state index contributed by atoms with van der Waals surface area (Å²) in [6, 6.07) is 14.0. The lowest BCUT2D eigenvalue weighted by Gasteiger charge is -2.33. The molecule has 2 atom stereocenters. The van der Waals surface area contributed by atoms with Gasteiger partial charge in [0, 0.05) is 17.5 Å². The average molecular weight is 281 g/mol. The first-order chi connectivity index (χ1) is 10.3. The van der Waals surface area contributed by atoms with Crippen molar-refractivity contribution in [3.8, 4) is 0 Å². The Balaban J connectivity index is 1.75. The van der Waals surface area contributed by atoms with E-state index in [2.05, 4.69) is 41.3 Å². The van der Waals surface area contributed by atoms with E-state index in [9.17, 15) is 0 Å². The molecule has 1 aromatic carbocycles. The SMILES string of the molecule is NC1CCCCN(C2CC2)C1c1ccc2ccccc2n1. The van der Waals surface area contributed by atoms with Gasteiger partial charge in [0.05, 0.1) is 17.3 Å². The largest absolute Gasteiger partial charge is 0.326 e. The molecule has 1 aliphatic heterocycles. The third-order valence-electron chi connectivity index (χ3n) is 4.91.